The Labute approximate surface area is 138 Å². The van der Waals surface area contributed by atoms with Crippen LogP contribution in [-0.4, -0.2) is 24.0 Å². The van der Waals surface area contributed by atoms with Crippen LogP contribution in [0.1, 0.15) is 57.1 Å². The van der Waals surface area contributed by atoms with Crippen LogP contribution in [-0.2, 0) is 13.1 Å². The molecule has 0 bridgehead atoms. The normalized spacial score (nSPS) is 16.9. The molecule has 0 atom stereocenters. The molecule has 1 aromatic rings. The summed E-state index contributed by atoms with van der Waals surface area (Å²) in [7, 11) is 2.27. The van der Waals surface area contributed by atoms with E-state index in [2.05, 4.69) is 65.2 Å². The van der Waals surface area contributed by atoms with E-state index in [9.17, 15) is 0 Å². The Bertz CT molecular complexity index is 439. The van der Waals surface area contributed by atoms with Crippen LogP contribution in [0.25, 0.3) is 0 Å². The van der Waals surface area contributed by atoms with Gasteiger partial charge < -0.3 is 5.32 Å². The fourth-order valence-electron chi connectivity index (χ4n) is 3.07. The Morgan fingerprint density at radius 2 is 1.95 bits per heavy atom. The monoisotopic (exact) mass is 352 g/mol. The van der Waals surface area contributed by atoms with E-state index in [1.54, 1.807) is 0 Å². The maximum Gasteiger partial charge on any atom is 0.0244 e. The maximum atomic E-state index is 3.75. The lowest BCUT2D eigenvalue weighted by Gasteiger charge is -2.31. The van der Waals surface area contributed by atoms with Crippen molar-refractivity contribution < 1.29 is 0 Å². The number of hydrogen-bond donors (Lipinski definition) is 1. The summed E-state index contributed by atoms with van der Waals surface area (Å²) >= 11 is 3.75. The molecule has 0 aliphatic heterocycles. The van der Waals surface area contributed by atoms with Gasteiger partial charge in [-0.2, -0.15) is 0 Å². The van der Waals surface area contributed by atoms with Crippen LogP contribution in [0, 0.1) is 0 Å². The summed E-state index contributed by atoms with van der Waals surface area (Å²) in [6.07, 6.45) is 6.95. The van der Waals surface area contributed by atoms with Gasteiger partial charge in [0.1, 0.15) is 0 Å². The van der Waals surface area contributed by atoms with E-state index in [1.165, 1.54) is 47.7 Å². The smallest absolute Gasteiger partial charge is 0.0244 e. The Kier molecular flexibility index (Phi) is 6.72. The van der Waals surface area contributed by atoms with Crippen molar-refractivity contribution in [1.82, 2.24) is 10.2 Å². The lowest BCUT2D eigenvalue weighted by molar-refractivity contribution is 0.184. The van der Waals surface area contributed by atoms with Gasteiger partial charge in [-0.05, 0) is 37.1 Å². The molecular formula is C18H29BrN2. The lowest BCUT2D eigenvalue weighted by Crippen LogP contribution is -2.33. The molecule has 21 heavy (non-hydrogen) atoms. The highest BCUT2D eigenvalue weighted by Gasteiger charge is 2.18. The molecular weight excluding hydrogens is 324 g/mol. The highest BCUT2D eigenvalue weighted by molar-refractivity contribution is 9.10. The van der Waals surface area contributed by atoms with Crippen molar-refractivity contribution in [2.45, 2.75) is 71.1 Å². The Morgan fingerprint density at radius 1 is 1.24 bits per heavy atom. The molecule has 1 saturated carbocycles. The molecule has 118 valence electrons. The largest absolute Gasteiger partial charge is 0.310 e. The Balaban J connectivity index is 1.93. The third-order valence-corrected chi connectivity index (χ3v) is 5.19. The Morgan fingerprint density at radius 3 is 2.57 bits per heavy atom. The molecule has 1 aliphatic rings. The predicted octanol–water partition coefficient (Wildman–Crippen LogP) is 4.71. The van der Waals surface area contributed by atoms with E-state index in [-0.39, 0.29) is 0 Å². The van der Waals surface area contributed by atoms with Crippen LogP contribution in [0.3, 0.4) is 0 Å². The van der Waals surface area contributed by atoms with Gasteiger partial charge in [0.05, 0.1) is 0 Å². The number of nitrogens with zero attached hydrogens (tertiary/aromatic N) is 1. The van der Waals surface area contributed by atoms with Crippen LogP contribution in [0.5, 0.6) is 0 Å². The predicted molar refractivity (Wildman–Crippen MR) is 94.5 cm³/mol. The van der Waals surface area contributed by atoms with E-state index in [0.29, 0.717) is 6.04 Å². The topological polar surface area (TPSA) is 15.3 Å². The highest BCUT2D eigenvalue weighted by Crippen LogP contribution is 2.25. The first-order valence-electron chi connectivity index (χ1n) is 8.27. The summed E-state index contributed by atoms with van der Waals surface area (Å²) in [5, 5.41) is 3.47. The molecule has 2 rings (SSSR count). The van der Waals surface area contributed by atoms with E-state index >= 15 is 0 Å². The van der Waals surface area contributed by atoms with E-state index in [1.807, 2.05) is 0 Å². The minimum atomic E-state index is 0.529. The Hall–Kier alpha value is -0.380. The minimum Gasteiger partial charge on any atom is -0.310 e. The number of benzene rings is 1. The number of hydrogen-bond acceptors (Lipinski definition) is 2. The van der Waals surface area contributed by atoms with Gasteiger partial charge in [0.2, 0.25) is 0 Å². The fraction of sp³-hybridized carbons (Fsp3) is 0.667. The van der Waals surface area contributed by atoms with Crippen molar-refractivity contribution in [1.29, 1.82) is 0 Å². The van der Waals surface area contributed by atoms with Crippen LogP contribution in [0.2, 0.25) is 0 Å². The molecule has 0 radical (unpaired) electrons. The van der Waals surface area contributed by atoms with Gasteiger partial charge in [-0.3, -0.25) is 4.90 Å². The summed E-state index contributed by atoms with van der Waals surface area (Å²) in [6, 6.07) is 8.10. The van der Waals surface area contributed by atoms with Gasteiger partial charge in [0.25, 0.3) is 0 Å². The number of rotatable bonds is 6. The number of halogens is 1. The van der Waals surface area contributed by atoms with E-state index < -0.39 is 0 Å². The van der Waals surface area contributed by atoms with Crippen molar-refractivity contribution in [2.24, 2.45) is 0 Å². The number of nitrogens with one attached hydrogen (secondary N) is 1. The molecule has 2 nitrogen and oxygen atoms in total. The maximum absolute atomic E-state index is 3.75. The molecule has 3 heteroatoms. The van der Waals surface area contributed by atoms with Gasteiger partial charge in [0, 0.05) is 29.6 Å². The van der Waals surface area contributed by atoms with Crippen molar-refractivity contribution in [3.8, 4) is 0 Å². The van der Waals surface area contributed by atoms with Crippen LogP contribution >= 0.6 is 15.9 Å². The molecule has 1 aromatic carbocycles. The molecule has 1 fully saturated rings. The third kappa shape index (κ3) is 5.39. The summed E-state index contributed by atoms with van der Waals surface area (Å²) < 4.78 is 1.24. The average Bonchev–Trinajstić information content (AvgIpc) is 2.48. The second-order valence-electron chi connectivity index (χ2n) is 6.67. The van der Waals surface area contributed by atoms with Gasteiger partial charge in [-0.1, -0.05) is 61.2 Å². The molecule has 1 aliphatic carbocycles. The average molecular weight is 353 g/mol. The zero-order valence-electron chi connectivity index (χ0n) is 13.7. The zero-order valence-corrected chi connectivity index (χ0v) is 15.2. The first-order chi connectivity index (χ1) is 10.1. The SMILES string of the molecule is CC(C)NCc1ccc(CN(C)C2CCCCC2)c(Br)c1. The lowest BCUT2D eigenvalue weighted by atomic mass is 9.94. The molecule has 1 N–H and O–H groups in total. The first-order valence-corrected chi connectivity index (χ1v) is 9.06. The molecule has 0 aromatic heterocycles. The first kappa shape index (κ1) is 17.0. The molecule has 0 unspecified atom stereocenters. The van der Waals surface area contributed by atoms with E-state index in [0.717, 1.165) is 19.1 Å². The van der Waals surface area contributed by atoms with Crippen LogP contribution in [0.15, 0.2) is 22.7 Å². The zero-order chi connectivity index (χ0) is 15.2. The van der Waals surface area contributed by atoms with Crippen molar-refractivity contribution in [2.75, 3.05) is 7.05 Å². The van der Waals surface area contributed by atoms with Gasteiger partial charge in [-0.15, -0.1) is 0 Å². The van der Waals surface area contributed by atoms with Crippen molar-refractivity contribution in [3.05, 3.63) is 33.8 Å². The minimum absolute atomic E-state index is 0.529. The van der Waals surface area contributed by atoms with Gasteiger partial charge in [-0.25, -0.2) is 0 Å². The van der Waals surface area contributed by atoms with E-state index in [4.69, 9.17) is 0 Å². The van der Waals surface area contributed by atoms with Gasteiger partial charge in [0.15, 0.2) is 0 Å². The molecule has 0 heterocycles. The second-order valence-corrected chi connectivity index (χ2v) is 7.52. The summed E-state index contributed by atoms with van der Waals surface area (Å²) in [5.41, 5.74) is 2.75. The summed E-state index contributed by atoms with van der Waals surface area (Å²) in [5.74, 6) is 0. The molecule has 0 amide bonds. The standard InChI is InChI=1S/C18H29BrN2/c1-14(2)20-12-15-9-10-16(18(19)11-15)13-21(3)17-7-5-4-6-8-17/h9-11,14,17,20H,4-8,12-13H2,1-3H3. The van der Waals surface area contributed by atoms with Gasteiger partial charge >= 0.3 is 0 Å². The second kappa shape index (κ2) is 8.30. The third-order valence-electron chi connectivity index (χ3n) is 4.45. The molecule has 0 spiro atoms. The summed E-state index contributed by atoms with van der Waals surface area (Å²) in [6.45, 7) is 6.35. The van der Waals surface area contributed by atoms with Crippen molar-refractivity contribution in [3.63, 3.8) is 0 Å². The fourth-order valence-corrected chi connectivity index (χ4v) is 3.62. The summed E-state index contributed by atoms with van der Waals surface area (Å²) in [4.78, 5) is 2.53. The highest BCUT2D eigenvalue weighted by atomic mass is 79.9. The quantitative estimate of drug-likeness (QED) is 0.797. The van der Waals surface area contributed by atoms with Crippen molar-refractivity contribution >= 4 is 15.9 Å². The van der Waals surface area contributed by atoms with Crippen LogP contribution in [0.4, 0.5) is 0 Å². The molecule has 0 saturated heterocycles. The van der Waals surface area contributed by atoms with Crippen LogP contribution < -0.4 is 5.32 Å².